The second kappa shape index (κ2) is 6.40. The molecule has 8 heteroatoms. The van der Waals surface area contributed by atoms with Crippen LogP contribution in [0.2, 0.25) is 0 Å². The molecular weight excluding hydrogens is 296 g/mol. The lowest BCUT2D eigenvalue weighted by molar-refractivity contribution is -0.386. The Morgan fingerprint density at radius 2 is 2.24 bits per heavy atom. The van der Waals surface area contributed by atoms with Crippen molar-refractivity contribution in [1.29, 1.82) is 0 Å². The van der Waals surface area contributed by atoms with Gasteiger partial charge in [0.2, 0.25) is 0 Å². The Morgan fingerprint density at radius 1 is 1.48 bits per heavy atom. The van der Waals surface area contributed by atoms with E-state index in [1.165, 1.54) is 12.1 Å². The smallest absolute Gasteiger partial charge is 0.311 e. The highest BCUT2D eigenvalue weighted by Crippen LogP contribution is 2.30. The Kier molecular flexibility index (Phi) is 4.79. The number of nitro groups is 1. The first-order chi connectivity index (χ1) is 9.91. The van der Waals surface area contributed by atoms with Crippen LogP contribution in [0.1, 0.15) is 18.9 Å². The molecule has 21 heavy (non-hydrogen) atoms. The molecule has 0 radical (unpaired) electrons. The lowest BCUT2D eigenvalue weighted by atomic mass is 10.2. The SMILES string of the molecule is CCNCc1ccc(OC2CCS(=O)(=O)C2)c([N+](=O)[O-])c1. The average Bonchev–Trinajstić information content (AvgIpc) is 2.76. The van der Waals surface area contributed by atoms with Crippen LogP contribution in [-0.2, 0) is 16.4 Å². The fourth-order valence-electron chi connectivity index (χ4n) is 2.22. The molecule has 1 aliphatic rings. The summed E-state index contributed by atoms with van der Waals surface area (Å²) in [5.74, 6) is 0.120. The molecule has 1 fully saturated rings. The molecule has 1 N–H and O–H groups in total. The number of hydrogen-bond donors (Lipinski definition) is 1. The average molecular weight is 314 g/mol. The van der Waals surface area contributed by atoms with Crippen molar-refractivity contribution < 1.29 is 18.1 Å². The number of ether oxygens (including phenoxy) is 1. The first-order valence-corrected chi connectivity index (χ1v) is 8.58. The van der Waals surface area contributed by atoms with E-state index in [0.29, 0.717) is 13.0 Å². The first-order valence-electron chi connectivity index (χ1n) is 6.76. The molecule has 0 saturated carbocycles. The number of benzene rings is 1. The number of sulfone groups is 1. The summed E-state index contributed by atoms with van der Waals surface area (Å²) in [4.78, 5) is 10.6. The fourth-order valence-corrected chi connectivity index (χ4v) is 3.81. The quantitative estimate of drug-likeness (QED) is 0.627. The van der Waals surface area contributed by atoms with Crippen molar-refractivity contribution >= 4 is 15.5 Å². The molecule has 2 rings (SSSR count). The van der Waals surface area contributed by atoms with Crippen LogP contribution in [0.15, 0.2) is 18.2 Å². The lowest BCUT2D eigenvalue weighted by Crippen LogP contribution is -2.18. The molecule has 0 spiro atoms. The van der Waals surface area contributed by atoms with Crippen LogP contribution in [0.25, 0.3) is 0 Å². The Morgan fingerprint density at radius 3 is 2.81 bits per heavy atom. The van der Waals surface area contributed by atoms with E-state index >= 15 is 0 Å². The van der Waals surface area contributed by atoms with Crippen molar-refractivity contribution in [2.75, 3.05) is 18.1 Å². The third-order valence-electron chi connectivity index (χ3n) is 3.28. The molecule has 0 amide bonds. The molecule has 1 heterocycles. The van der Waals surface area contributed by atoms with Crippen LogP contribution in [-0.4, -0.2) is 37.5 Å². The van der Waals surface area contributed by atoms with Crippen LogP contribution >= 0.6 is 0 Å². The molecule has 1 saturated heterocycles. The first kappa shape index (κ1) is 15.7. The van der Waals surface area contributed by atoms with Crippen molar-refractivity contribution in [3.63, 3.8) is 0 Å². The summed E-state index contributed by atoms with van der Waals surface area (Å²) in [6.45, 7) is 3.26. The minimum atomic E-state index is -3.07. The summed E-state index contributed by atoms with van der Waals surface area (Å²) in [6.07, 6.45) is -0.133. The third kappa shape index (κ3) is 4.15. The van der Waals surface area contributed by atoms with Crippen molar-refractivity contribution in [3.8, 4) is 5.75 Å². The second-order valence-corrected chi connectivity index (χ2v) is 7.21. The van der Waals surface area contributed by atoms with Gasteiger partial charge in [0, 0.05) is 12.6 Å². The van der Waals surface area contributed by atoms with Crippen molar-refractivity contribution in [2.45, 2.75) is 26.0 Å². The third-order valence-corrected chi connectivity index (χ3v) is 5.02. The zero-order chi connectivity index (χ0) is 15.5. The van der Waals surface area contributed by atoms with Gasteiger partial charge in [-0.2, -0.15) is 0 Å². The molecule has 7 nitrogen and oxygen atoms in total. The van der Waals surface area contributed by atoms with E-state index in [-0.39, 0.29) is 22.9 Å². The standard InChI is InChI=1S/C13H18N2O5S/c1-2-14-8-10-3-4-13(12(7-10)15(16)17)20-11-5-6-21(18,19)9-11/h3-4,7,11,14H,2,5-6,8-9H2,1H3. The van der Waals surface area contributed by atoms with E-state index in [4.69, 9.17) is 4.74 Å². The van der Waals surface area contributed by atoms with Gasteiger partial charge < -0.3 is 10.1 Å². The molecule has 1 atom stereocenters. The maximum absolute atomic E-state index is 11.4. The van der Waals surface area contributed by atoms with Crippen LogP contribution in [0, 0.1) is 10.1 Å². The molecule has 0 bridgehead atoms. The normalized spacial score (nSPS) is 20.3. The zero-order valence-corrected chi connectivity index (χ0v) is 12.6. The lowest BCUT2D eigenvalue weighted by Gasteiger charge is -2.13. The summed E-state index contributed by atoms with van der Waals surface area (Å²) >= 11 is 0. The highest BCUT2D eigenvalue weighted by atomic mass is 32.2. The van der Waals surface area contributed by atoms with Crippen molar-refractivity contribution in [3.05, 3.63) is 33.9 Å². The Bertz CT molecular complexity index is 629. The maximum atomic E-state index is 11.4. The van der Waals surface area contributed by atoms with Gasteiger partial charge in [-0.15, -0.1) is 0 Å². The Balaban J connectivity index is 2.17. The highest BCUT2D eigenvalue weighted by molar-refractivity contribution is 7.91. The van der Waals surface area contributed by atoms with Crippen LogP contribution in [0.5, 0.6) is 5.75 Å². The van der Waals surface area contributed by atoms with Gasteiger partial charge in [-0.05, 0) is 24.6 Å². The highest BCUT2D eigenvalue weighted by Gasteiger charge is 2.31. The molecule has 1 aromatic rings. The van der Waals surface area contributed by atoms with E-state index in [0.717, 1.165) is 12.1 Å². The summed E-state index contributed by atoms with van der Waals surface area (Å²) in [6, 6.07) is 4.74. The van der Waals surface area contributed by atoms with Gasteiger partial charge in [-0.25, -0.2) is 8.42 Å². The van der Waals surface area contributed by atoms with Gasteiger partial charge in [0.05, 0.1) is 16.4 Å². The number of rotatable bonds is 6. The van der Waals surface area contributed by atoms with Crippen LogP contribution in [0.4, 0.5) is 5.69 Å². The summed E-state index contributed by atoms with van der Waals surface area (Å²) in [7, 11) is -3.07. The molecule has 0 aliphatic carbocycles. The number of hydrogen-bond acceptors (Lipinski definition) is 6. The van der Waals surface area contributed by atoms with E-state index in [2.05, 4.69) is 5.32 Å². The monoisotopic (exact) mass is 314 g/mol. The van der Waals surface area contributed by atoms with Gasteiger partial charge in [0.1, 0.15) is 6.10 Å². The second-order valence-electron chi connectivity index (χ2n) is 4.98. The van der Waals surface area contributed by atoms with Crippen LogP contribution in [0.3, 0.4) is 0 Å². The molecule has 0 aromatic heterocycles. The molecular formula is C13H18N2O5S. The van der Waals surface area contributed by atoms with Crippen molar-refractivity contribution in [1.82, 2.24) is 5.32 Å². The maximum Gasteiger partial charge on any atom is 0.311 e. The van der Waals surface area contributed by atoms with Gasteiger partial charge in [-0.3, -0.25) is 10.1 Å². The minimum Gasteiger partial charge on any atom is -0.482 e. The molecule has 1 unspecified atom stereocenters. The Hall–Kier alpha value is -1.67. The van der Waals surface area contributed by atoms with Gasteiger partial charge in [-0.1, -0.05) is 13.0 Å². The molecule has 1 aromatic carbocycles. The zero-order valence-electron chi connectivity index (χ0n) is 11.7. The number of nitrogens with one attached hydrogen (secondary N) is 1. The van der Waals surface area contributed by atoms with Crippen LogP contribution < -0.4 is 10.1 Å². The predicted molar refractivity (Wildman–Crippen MR) is 78.2 cm³/mol. The minimum absolute atomic E-state index is 0.0734. The van der Waals surface area contributed by atoms with E-state index in [1.807, 2.05) is 6.92 Å². The summed E-state index contributed by atoms with van der Waals surface area (Å²) < 4.78 is 28.3. The van der Waals surface area contributed by atoms with Gasteiger partial charge in [0.25, 0.3) is 0 Å². The topological polar surface area (TPSA) is 98.5 Å². The van der Waals surface area contributed by atoms with E-state index < -0.39 is 20.9 Å². The fraction of sp³-hybridized carbons (Fsp3) is 0.538. The van der Waals surface area contributed by atoms with Crippen molar-refractivity contribution in [2.24, 2.45) is 0 Å². The van der Waals surface area contributed by atoms with E-state index in [1.54, 1.807) is 6.07 Å². The number of nitrogens with zero attached hydrogens (tertiary/aromatic N) is 1. The Labute approximate surface area is 123 Å². The molecule has 116 valence electrons. The largest absolute Gasteiger partial charge is 0.482 e. The molecule has 1 aliphatic heterocycles. The summed E-state index contributed by atoms with van der Waals surface area (Å²) in [5.41, 5.74) is 0.657. The predicted octanol–water partition coefficient (Wildman–Crippen LogP) is 1.27. The van der Waals surface area contributed by atoms with E-state index in [9.17, 15) is 18.5 Å². The van der Waals surface area contributed by atoms with Gasteiger partial charge in [0.15, 0.2) is 15.6 Å². The number of nitro benzene ring substituents is 1. The summed E-state index contributed by atoms with van der Waals surface area (Å²) in [5, 5.41) is 14.2. The van der Waals surface area contributed by atoms with Gasteiger partial charge >= 0.3 is 5.69 Å².